The molecule has 0 heteroatoms. The van der Waals surface area contributed by atoms with Gasteiger partial charge in [0.2, 0.25) is 6.58 Å². The summed E-state index contributed by atoms with van der Waals surface area (Å²) in [6.07, 6.45) is 0. The molecule has 0 amide bonds. The van der Waals surface area contributed by atoms with E-state index in [4.69, 9.17) is 6.58 Å². The summed E-state index contributed by atoms with van der Waals surface area (Å²) < 4.78 is 0. The zero-order valence-electron chi connectivity index (χ0n) is 4.65. The Hall–Kier alpha value is -0.350. The SMILES string of the molecule is [CH+]=C(C)C(C)C. The predicted molar refractivity (Wildman–Crippen MR) is 28.3 cm³/mol. The van der Waals surface area contributed by atoms with Crippen molar-refractivity contribution in [2.45, 2.75) is 20.8 Å². The first kappa shape index (κ1) is 5.65. The van der Waals surface area contributed by atoms with Crippen LogP contribution in [0, 0.1) is 12.5 Å². The van der Waals surface area contributed by atoms with Gasteiger partial charge in [0.1, 0.15) is 0 Å². The minimum absolute atomic E-state index is 0.546. The van der Waals surface area contributed by atoms with E-state index in [1.165, 1.54) is 0 Å². The molecular formula is C6H11+. The Morgan fingerprint density at radius 2 is 1.67 bits per heavy atom. The van der Waals surface area contributed by atoms with Gasteiger partial charge in [-0.2, -0.15) is 0 Å². The third kappa shape index (κ3) is 1.92. The summed E-state index contributed by atoms with van der Waals surface area (Å²) in [5.74, 6) is 0.546. The zero-order valence-corrected chi connectivity index (χ0v) is 4.65. The maximum atomic E-state index is 5.35. The van der Waals surface area contributed by atoms with E-state index < -0.39 is 0 Å². The second kappa shape index (κ2) is 1.94. The van der Waals surface area contributed by atoms with E-state index in [2.05, 4.69) is 13.8 Å². The van der Waals surface area contributed by atoms with Gasteiger partial charge in [0.05, 0.1) is 0 Å². The lowest BCUT2D eigenvalue weighted by atomic mass is 10.1. The Balaban J connectivity index is 3.26. The molecule has 0 saturated heterocycles. The molecule has 0 saturated carbocycles. The number of hydrogen-bond acceptors (Lipinski definition) is 0. The van der Waals surface area contributed by atoms with E-state index in [1.54, 1.807) is 0 Å². The Morgan fingerprint density at radius 3 is 1.67 bits per heavy atom. The quantitative estimate of drug-likeness (QED) is 0.425. The van der Waals surface area contributed by atoms with E-state index in [0.717, 1.165) is 5.57 Å². The van der Waals surface area contributed by atoms with Crippen LogP contribution in [0.1, 0.15) is 20.8 Å². The number of hydrogen-bond donors (Lipinski definition) is 0. The molecule has 0 aromatic carbocycles. The fourth-order valence-electron chi connectivity index (χ4n) is 0. The van der Waals surface area contributed by atoms with Crippen molar-refractivity contribution in [1.82, 2.24) is 0 Å². The maximum absolute atomic E-state index is 5.35. The molecule has 0 rings (SSSR count). The van der Waals surface area contributed by atoms with Crippen molar-refractivity contribution in [2.24, 2.45) is 5.92 Å². The highest BCUT2D eigenvalue weighted by Gasteiger charge is 1.98. The average Bonchev–Trinajstić information content (AvgIpc) is 1.36. The average molecular weight is 83.2 g/mol. The summed E-state index contributed by atoms with van der Waals surface area (Å²) in [6.45, 7) is 11.4. The van der Waals surface area contributed by atoms with Crippen LogP contribution in [0.15, 0.2) is 5.57 Å². The summed E-state index contributed by atoms with van der Waals surface area (Å²) in [5.41, 5.74) is 1.01. The molecule has 0 heterocycles. The standard InChI is InChI=1S/C6H11/c1-5(2)6(3)4/h1,6H,2-4H3/q+1. The van der Waals surface area contributed by atoms with Crippen LogP contribution in [-0.4, -0.2) is 0 Å². The molecule has 0 aromatic heterocycles. The number of rotatable bonds is 1. The van der Waals surface area contributed by atoms with Gasteiger partial charge in [-0.25, -0.2) is 0 Å². The fourth-order valence-corrected chi connectivity index (χ4v) is 0. The van der Waals surface area contributed by atoms with Crippen LogP contribution in [0.25, 0.3) is 0 Å². The molecule has 0 nitrogen and oxygen atoms in total. The summed E-state index contributed by atoms with van der Waals surface area (Å²) in [6, 6.07) is 0. The van der Waals surface area contributed by atoms with Gasteiger partial charge < -0.3 is 0 Å². The molecule has 0 aromatic rings. The Bertz CT molecular complexity index is 51.1. The number of allylic oxidation sites excluding steroid dienone is 1. The fraction of sp³-hybridized carbons (Fsp3) is 0.667. The second-order valence-electron chi connectivity index (χ2n) is 1.90. The predicted octanol–water partition coefficient (Wildman–Crippen LogP) is 2.02. The van der Waals surface area contributed by atoms with Crippen LogP contribution >= 0.6 is 0 Å². The third-order valence-corrected chi connectivity index (χ3v) is 0.911. The topological polar surface area (TPSA) is 0 Å². The van der Waals surface area contributed by atoms with Crippen LogP contribution < -0.4 is 0 Å². The smallest absolute Gasteiger partial charge is 0.0546 e. The Kier molecular flexibility index (Phi) is 1.83. The lowest BCUT2D eigenvalue weighted by Gasteiger charge is -1.87. The molecule has 6 heavy (non-hydrogen) atoms. The van der Waals surface area contributed by atoms with Crippen molar-refractivity contribution in [3.05, 3.63) is 12.2 Å². The third-order valence-electron chi connectivity index (χ3n) is 0.911. The van der Waals surface area contributed by atoms with Gasteiger partial charge in [0, 0.05) is 12.8 Å². The molecule has 0 unspecified atom stereocenters. The molecule has 0 radical (unpaired) electrons. The van der Waals surface area contributed by atoms with Gasteiger partial charge in [-0.05, 0) is 0 Å². The summed E-state index contributed by atoms with van der Waals surface area (Å²) in [5, 5.41) is 0. The molecule has 0 N–H and O–H groups in total. The lowest BCUT2D eigenvalue weighted by molar-refractivity contribution is 0.771. The van der Waals surface area contributed by atoms with E-state index in [1.807, 2.05) is 6.92 Å². The van der Waals surface area contributed by atoms with Crippen molar-refractivity contribution >= 4 is 0 Å². The highest BCUT2D eigenvalue weighted by Crippen LogP contribution is 2.01. The minimum atomic E-state index is 0.546. The molecule has 34 valence electrons. The van der Waals surface area contributed by atoms with Crippen molar-refractivity contribution in [3.8, 4) is 0 Å². The molecule has 0 aliphatic rings. The summed E-state index contributed by atoms with van der Waals surface area (Å²) in [7, 11) is 0. The summed E-state index contributed by atoms with van der Waals surface area (Å²) in [4.78, 5) is 0. The van der Waals surface area contributed by atoms with Crippen LogP contribution in [0.3, 0.4) is 0 Å². The van der Waals surface area contributed by atoms with Gasteiger partial charge in [-0.1, -0.05) is 13.8 Å². The van der Waals surface area contributed by atoms with Gasteiger partial charge in [-0.3, -0.25) is 0 Å². The van der Waals surface area contributed by atoms with Gasteiger partial charge in [0.25, 0.3) is 0 Å². The molecule has 0 atom stereocenters. The molecule has 0 bridgehead atoms. The Morgan fingerprint density at radius 1 is 1.50 bits per heavy atom. The molecule has 0 fully saturated rings. The van der Waals surface area contributed by atoms with E-state index in [9.17, 15) is 0 Å². The van der Waals surface area contributed by atoms with Crippen LogP contribution in [-0.2, 0) is 0 Å². The second-order valence-corrected chi connectivity index (χ2v) is 1.90. The molecule has 0 aliphatic carbocycles. The summed E-state index contributed by atoms with van der Waals surface area (Å²) >= 11 is 0. The van der Waals surface area contributed by atoms with Gasteiger partial charge in [-0.15, -0.1) is 0 Å². The van der Waals surface area contributed by atoms with Crippen molar-refractivity contribution in [2.75, 3.05) is 0 Å². The minimum Gasteiger partial charge on any atom is -0.0546 e. The monoisotopic (exact) mass is 83.1 g/mol. The largest absolute Gasteiger partial charge is 0.205 e. The van der Waals surface area contributed by atoms with Crippen molar-refractivity contribution < 1.29 is 0 Å². The highest BCUT2D eigenvalue weighted by molar-refractivity contribution is 4.87. The Labute approximate surface area is 39.9 Å². The van der Waals surface area contributed by atoms with Crippen LogP contribution in [0.4, 0.5) is 0 Å². The van der Waals surface area contributed by atoms with Gasteiger partial charge >= 0.3 is 0 Å². The molecular weight excluding hydrogens is 72.1 g/mol. The highest BCUT2D eigenvalue weighted by atomic mass is 13.9. The normalized spacial score (nSPS) is 9.17. The van der Waals surface area contributed by atoms with Crippen LogP contribution in [0.5, 0.6) is 0 Å². The molecule has 0 spiro atoms. The van der Waals surface area contributed by atoms with Crippen LogP contribution in [0.2, 0.25) is 0 Å². The van der Waals surface area contributed by atoms with Gasteiger partial charge in [0.15, 0.2) is 5.57 Å². The first-order chi connectivity index (χ1) is 2.64. The first-order valence-corrected chi connectivity index (χ1v) is 2.23. The zero-order chi connectivity index (χ0) is 5.15. The van der Waals surface area contributed by atoms with E-state index >= 15 is 0 Å². The van der Waals surface area contributed by atoms with Crippen molar-refractivity contribution in [1.29, 1.82) is 0 Å². The molecule has 0 aliphatic heterocycles. The van der Waals surface area contributed by atoms with Crippen molar-refractivity contribution in [3.63, 3.8) is 0 Å². The maximum Gasteiger partial charge on any atom is 0.205 e. The lowest BCUT2D eigenvalue weighted by Crippen LogP contribution is -1.83. The van der Waals surface area contributed by atoms with E-state index in [0.29, 0.717) is 5.92 Å². The van der Waals surface area contributed by atoms with E-state index in [-0.39, 0.29) is 0 Å². The first-order valence-electron chi connectivity index (χ1n) is 2.23.